The lowest BCUT2D eigenvalue weighted by Crippen LogP contribution is -2.29. The summed E-state index contributed by atoms with van der Waals surface area (Å²) < 4.78 is 9.91. The van der Waals surface area contributed by atoms with Crippen LogP contribution in [0, 0.1) is 11.8 Å². The van der Waals surface area contributed by atoms with Crippen LogP contribution in [0.15, 0.2) is 0 Å². The minimum absolute atomic E-state index is 0.306. The molecule has 1 rings (SSSR count). The van der Waals surface area contributed by atoms with Crippen molar-refractivity contribution in [1.82, 2.24) is 0 Å². The van der Waals surface area contributed by atoms with Gasteiger partial charge in [-0.05, 0) is 24.7 Å². The van der Waals surface area contributed by atoms with Gasteiger partial charge in [-0.2, -0.15) is 0 Å². The molecule has 1 aliphatic carbocycles. The highest BCUT2D eigenvalue weighted by Gasteiger charge is 2.30. The fourth-order valence-electron chi connectivity index (χ4n) is 1.72. The summed E-state index contributed by atoms with van der Waals surface area (Å²) in [5.41, 5.74) is 0. The van der Waals surface area contributed by atoms with Crippen molar-refractivity contribution in [2.75, 3.05) is 20.5 Å². The molecule has 13 heavy (non-hydrogen) atoms. The number of methoxy groups -OCH3 is 1. The first kappa shape index (κ1) is 10.5. The molecule has 1 aliphatic rings. The molecule has 0 atom stereocenters. The maximum atomic E-state index is 10.3. The first-order valence-corrected chi connectivity index (χ1v) is 4.51. The Bertz CT molecular complexity index is 163. The molecule has 0 aromatic rings. The Hall–Kier alpha value is -0.610. The molecule has 0 unspecified atom stereocenters. The smallest absolute Gasteiger partial charge is 0.303 e. The molecule has 0 amide bonds. The van der Waals surface area contributed by atoms with Crippen LogP contribution in [0.2, 0.25) is 0 Å². The van der Waals surface area contributed by atoms with Crippen LogP contribution in [0.1, 0.15) is 19.3 Å². The molecule has 0 aliphatic heterocycles. The molecule has 0 spiro atoms. The van der Waals surface area contributed by atoms with Gasteiger partial charge in [0.25, 0.3) is 0 Å². The Morgan fingerprint density at radius 3 is 2.69 bits per heavy atom. The number of hydrogen-bond donors (Lipinski definition) is 1. The summed E-state index contributed by atoms with van der Waals surface area (Å²) in [6, 6.07) is 0. The normalized spacial score (nSPS) is 26.8. The number of carbonyl (C=O) groups is 1. The van der Waals surface area contributed by atoms with Crippen LogP contribution >= 0.6 is 0 Å². The maximum absolute atomic E-state index is 10.3. The van der Waals surface area contributed by atoms with E-state index in [9.17, 15) is 4.79 Å². The number of carboxylic acids is 1. The molecule has 4 heteroatoms. The minimum Gasteiger partial charge on any atom is -0.481 e. The van der Waals surface area contributed by atoms with Gasteiger partial charge in [-0.25, -0.2) is 0 Å². The van der Waals surface area contributed by atoms with Gasteiger partial charge in [0.15, 0.2) is 0 Å². The third-order valence-corrected chi connectivity index (χ3v) is 2.35. The summed E-state index contributed by atoms with van der Waals surface area (Å²) in [6.45, 7) is 1.03. The quantitative estimate of drug-likeness (QED) is 0.501. The lowest BCUT2D eigenvalue weighted by molar-refractivity contribution is -0.139. The molecular formula is C9H16O4. The summed E-state index contributed by atoms with van der Waals surface area (Å²) in [4.78, 5) is 10.3. The number of carboxylic acid groups (broad SMARTS) is 1. The molecule has 1 fully saturated rings. The minimum atomic E-state index is -0.693. The third kappa shape index (κ3) is 3.74. The lowest BCUT2D eigenvalue weighted by Gasteiger charge is -2.33. The molecule has 0 radical (unpaired) electrons. The second-order valence-electron chi connectivity index (χ2n) is 3.58. The molecule has 0 bridgehead atoms. The van der Waals surface area contributed by atoms with Gasteiger partial charge >= 0.3 is 5.97 Å². The molecule has 0 aromatic carbocycles. The average Bonchev–Trinajstić information content (AvgIpc) is 1.99. The van der Waals surface area contributed by atoms with E-state index in [-0.39, 0.29) is 0 Å². The second-order valence-corrected chi connectivity index (χ2v) is 3.58. The van der Waals surface area contributed by atoms with Crippen LogP contribution < -0.4 is 0 Å². The summed E-state index contributed by atoms with van der Waals surface area (Å²) in [6.07, 6.45) is 2.27. The van der Waals surface area contributed by atoms with Crippen LogP contribution in [0.4, 0.5) is 0 Å². The second kappa shape index (κ2) is 5.19. The van der Waals surface area contributed by atoms with Crippen molar-refractivity contribution in [2.24, 2.45) is 11.8 Å². The topological polar surface area (TPSA) is 55.8 Å². The maximum Gasteiger partial charge on any atom is 0.303 e. The first-order chi connectivity index (χ1) is 6.22. The van der Waals surface area contributed by atoms with E-state index in [2.05, 4.69) is 0 Å². The third-order valence-electron chi connectivity index (χ3n) is 2.35. The van der Waals surface area contributed by atoms with Crippen LogP contribution in [0.5, 0.6) is 0 Å². The Kier molecular flexibility index (Phi) is 4.18. The van der Waals surface area contributed by atoms with Crippen LogP contribution in [0.3, 0.4) is 0 Å². The van der Waals surface area contributed by atoms with Gasteiger partial charge in [0.05, 0.1) is 6.61 Å². The van der Waals surface area contributed by atoms with Gasteiger partial charge in [-0.1, -0.05) is 0 Å². The Morgan fingerprint density at radius 2 is 2.15 bits per heavy atom. The monoisotopic (exact) mass is 188 g/mol. The largest absolute Gasteiger partial charge is 0.481 e. The van der Waals surface area contributed by atoms with Gasteiger partial charge in [0.2, 0.25) is 0 Å². The Labute approximate surface area is 77.8 Å². The highest BCUT2D eigenvalue weighted by molar-refractivity contribution is 5.67. The zero-order valence-electron chi connectivity index (χ0n) is 7.86. The number of ether oxygens (including phenoxy) is 2. The van der Waals surface area contributed by atoms with Gasteiger partial charge in [-0.15, -0.1) is 0 Å². The number of rotatable bonds is 6. The predicted octanol–water partition coefficient (Wildman–Crippen LogP) is 1.11. The van der Waals surface area contributed by atoms with Crippen molar-refractivity contribution in [3.8, 4) is 0 Å². The van der Waals surface area contributed by atoms with E-state index in [1.807, 2.05) is 0 Å². The van der Waals surface area contributed by atoms with Gasteiger partial charge in [0, 0.05) is 13.5 Å². The first-order valence-electron chi connectivity index (χ1n) is 4.51. The summed E-state index contributed by atoms with van der Waals surface area (Å²) in [5, 5.41) is 8.50. The zero-order valence-corrected chi connectivity index (χ0v) is 7.86. The van der Waals surface area contributed by atoms with E-state index >= 15 is 0 Å². The van der Waals surface area contributed by atoms with Crippen molar-refractivity contribution >= 4 is 5.97 Å². The highest BCUT2D eigenvalue weighted by atomic mass is 16.7. The fraction of sp³-hybridized carbons (Fsp3) is 0.889. The van der Waals surface area contributed by atoms with Crippen LogP contribution in [0.25, 0.3) is 0 Å². The molecule has 4 nitrogen and oxygen atoms in total. The van der Waals surface area contributed by atoms with E-state index < -0.39 is 5.97 Å². The number of aliphatic carboxylic acids is 1. The number of hydrogen-bond acceptors (Lipinski definition) is 3. The van der Waals surface area contributed by atoms with E-state index in [0.717, 1.165) is 12.8 Å². The molecule has 0 saturated heterocycles. The van der Waals surface area contributed by atoms with Crippen molar-refractivity contribution in [1.29, 1.82) is 0 Å². The highest BCUT2D eigenvalue weighted by Crippen LogP contribution is 2.35. The summed E-state index contributed by atoms with van der Waals surface area (Å²) in [7, 11) is 1.59. The van der Waals surface area contributed by atoms with Gasteiger partial charge in [-0.3, -0.25) is 4.79 Å². The standard InChI is InChI=1S/C9H16O4/c1-12-6-13-5-8-2-7(3-8)4-9(10)11/h7-8H,2-6H2,1H3,(H,10,11). The Balaban J connectivity index is 1.95. The lowest BCUT2D eigenvalue weighted by atomic mass is 9.74. The van der Waals surface area contributed by atoms with Gasteiger partial charge < -0.3 is 14.6 Å². The molecule has 1 saturated carbocycles. The molecule has 0 heterocycles. The van der Waals surface area contributed by atoms with E-state index in [0.29, 0.717) is 31.7 Å². The molecule has 1 N–H and O–H groups in total. The summed E-state index contributed by atoms with van der Waals surface area (Å²) >= 11 is 0. The van der Waals surface area contributed by atoms with E-state index in [1.165, 1.54) is 0 Å². The van der Waals surface area contributed by atoms with Crippen LogP contribution in [-0.2, 0) is 14.3 Å². The van der Waals surface area contributed by atoms with Crippen molar-refractivity contribution in [2.45, 2.75) is 19.3 Å². The van der Waals surface area contributed by atoms with Crippen molar-refractivity contribution in [3.63, 3.8) is 0 Å². The zero-order chi connectivity index (χ0) is 9.68. The average molecular weight is 188 g/mol. The fourth-order valence-corrected chi connectivity index (χ4v) is 1.72. The van der Waals surface area contributed by atoms with Gasteiger partial charge in [0.1, 0.15) is 6.79 Å². The predicted molar refractivity (Wildman–Crippen MR) is 46.3 cm³/mol. The van der Waals surface area contributed by atoms with E-state index in [4.69, 9.17) is 14.6 Å². The van der Waals surface area contributed by atoms with Crippen LogP contribution in [-0.4, -0.2) is 31.6 Å². The molecule has 0 aromatic heterocycles. The Morgan fingerprint density at radius 1 is 1.46 bits per heavy atom. The SMILES string of the molecule is COCOCC1CC(CC(=O)O)C1. The van der Waals surface area contributed by atoms with E-state index in [1.54, 1.807) is 7.11 Å². The summed E-state index contributed by atoms with van der Waals surface area (Å²) in [5.74, 6) is 0.217. The van der Waals surface area contributed by atoms with Crippen molar-refractivity contribution < 1.29 is 19.4 Å². The van der Waals surface area contributed by atoms with Crippen molar-refractivity contribution in [3.05, 3.63) is 0 Å². The molecule has 76 valence electrons. The molecular weight excluding hydrogens is 172 g/mol.